The molecule has 7 rings (SSSR count). The van der Waals surface area contributed by atoms with Crippen molar-refractivity contribution in [2.45, 2.75) is 75.4 Å². The Bertz CT molecular complexity index is 1570. The fraction of sp³-hybridized carbons (Fsp3) is 0.567. The Kier molecular flexibility index (Phi) is 6.88. The smallest absolute Gasteiger partial charge is 0.418 e. The average Bonchev–Trinajstić information content (AvgIpc) is 3.57. The second-order valence-corrected chi connectivity index (χ2v) is 12.5. The molecule has 0 spiro atoms. The SMILES string of the molecule is Cc1cc(N)nc(-c2ccc3c(N4CC[C@H]5CC[C@@H](C4)N5)nc(OC[C@]45CCCN4C[C@H](F)C5)nc3c2F)c1C(F)(F)F. The quantitative estimate of drug-likeness (QED) is 0.393. The van der Waals surface area contributed by atoms with Crippen molar-refractivity contribution in [1.82, 2.24) is 25.2 Å². The van der Waals surface area contributed by atoms with Crippen LogP contribution in [-0.4, -0.2) is 76.4 Å². The molecule has 6 heterocycles. The van der Waals surface area contributed by atoms with Crippen LogP contribution in [0.5, 0.6) is 6.01 Å². The van der Waals surface area contributed by atoms with Crippen LogP contribution in [0, 0.1) is 12.7 Å². The van der Waals surface area contributed by atoms with Crippen LogP contribution in [0.3, 0.4) is 0 Å². The van der Waals surface area contributed by atoms with Crippen LogP contribution < -0.4 is 20.7 Å². The van der Waals surface area contributed by atoms with Crippen LogP contribution in [0.15, 0.2) is 18.2 Å². The van der Waals surface area contributed by atoms with Crippen LogP contribution in [0.25, 0.3) is 22.2 Å². The predicted octanol–water partition coefficient (Wildman–Crippen LogP) is 5.03. The van der Waals surface area contributed by atoms with E-state index >= 15 is 4.39 Å². The highest BCUT2D eigenvalue weighted by molar-refractivity contribution is 5.93. The number of hydrogen-bond acceptors (Lipinski definition) is 8. The number of aryl methyl sites for hydroxylation is 1. The fourth-order valence-corrected chi connectivity index (χ4v) is 7.65. The Balaban J connectivity index is 1.34. The molecule has 0 aliphatic carbocycles. The van der Waals surface area contributed by atoms with E-state index in [9.17, 15) is 17.6 Å². The summed E-state index contributed by atoms with van der Waals surface area (Å²) in [6.45, 7) is 3.85. The molecule has 2 bridgehead atoms. The number of rotatable bonds is 5. The zero-order chi connectivity index (χ0) is 30.1. The number of pyridine rings is 1. The van der Waals surface area contributed by atoms with Gasteiger partial charge in [-0.3, -0.25) is 4.90 Å². The van der Waals surface area contributed by atoms with E-state index in [1.165, 1.54) is 13.0 Å². The maximum absolute atomic E-state index is 16.5. The van der Waals surface area contributed by atoms with Crippen molar-refractivity contribution in [2.75, 3.05) is 43.4 Å². The number of nitrogens with two attached hydrogens (primary N) is 1. The Labute approximate surface area is 245 Å². The summed E-state index contributed by atoms with van der Waals surface area (Å²) in [4.78, 5) is 17.3. The molecule has 3 aromatic rings. The molecule has 4 aliphatic rings. The second-order valence-electron chi connectivity index (χ2n) is 12.5. The number of nitrogens with one attached hydrogen (secondary N) is 1. The highest BCUT2D eigenvalue weighted by Crippen LogP contribution is 2.43. The molecule has 43 heavy (non-hydrogen) atoms. The summed E-state index contributed by atoms with van der Waals surface area (Å²) in [6, 6.07) is 4.51. The summed E-state index contributed by atoms with van der Waals surface area (Å²) in [5.41, 5.74) is 3.02. The number of fused-ring (bicyclic) bond motifs is 4. The minimum Gasteiger partial charge on any atom is -0.461 e. The lowest BCUT2D eigenvalue weighted by molar-refractivity contribution is -0.137. The fourth-order valence-electron chi connectivity index (χ4n) is 7.65. The summed E-state index contributed by atoms with van der Waals surface area (Å²) in [5.74, 6) is -0.653. The van der Waals surface area contributed by atoms with Crippen LogP contribution in [0.1, 0.15) is 49.7 Å². The number of ether oxygens (including phenoxy) is 1. The van der Waals surface area contributed by atoms with Gasteiger partial charge in [0, 0.05) is 49.1 Å². The summed E-state index contributed by atoms with van der Waals surface area (Å²) in [6.07, 6.45) is -0.721. The molecule has 13 heteroatoms. The first-order valence-electron chi connectivity index (χ1n) is 14.9. The highest BCUT2D eigenvalue weighted by atomic mass is 19.4. The zero-order valence-corrected chi connectivity index (χ0v) is 23.9. The van der Waals surface area contributed by atoms with Crippen molar-refractivity contribution in [2.24, 2.45) is 0 Å². The van der Waals surface area contributed by atoms with E-state index in [-0.39, 0.29) is 41.1 Å². The van der Waals surface area contributed by atoms with Gasteiger partial charge in [0.15, 0.2) is 5.82 Å². The van der Waals surface area contributed by atoms with Crippen LogP contribution in [0.2, 0.25) is 0 Å². The van der Waals surface area contributed by atoms with E-state index in [2.05, 4.69) is 25.1 Å². The molecular formula is C30H34F5N7O. The van der Waals surface area contributed by atoms with Crippen molar-refractivity contribution in [3.63, 3.8) is 0 Å². The summed E-state index contributed by atoms with van der Waals surface area (Å²) < 4.78 is 79.4. The van der Waals surface area contributed by atoms with Gasteiger partial charge in [-0.05, 0) is 69.3 Å². The summed E-state index contributed by atoms with van der Waals surface area (Å²) in [7, 11) is 0. The highest BCUT2D eigenvalue weighted by Gasteiger charge is 2.49. The molecule has 4 fully saturated rings. The number of hydrogen-bond donors (Lipinski definition) is 2. The third-order valence-electron chi connectivity index (χ3n) is 9.59. The second kappa shape index (κ2) is 10.4. The Morgan fingerprint density at radius 2 is 1.91 bits per heavy atom. The first kappa shape index (κ1) is 28.5. The lowest BCUT2D eigenvalue weighted by Gasteiger charge is -2.31. The lowest BCUT2D eigenvalue weighted by atomic mass is 9.95. The number of alkyl halides is 4. The third kappa shape index (κ3) is 5.03. The molecule has 4 atom stereocenters. The van der Waals surface area contributed by atoms with Gasteiger partial charge < -0.3 is 20.7 Å². The molecule has 3 N–H and O–H groups in total. The van der Waals surface area contributed by atoms with Gasteiger partial charge in [0.25, 0.3) is 0 Å². The van der Waals surface area contributed by atoms with Crippen LogP contribution >= 0.6 is 0 Å². The van der Waals surface area contributed by atoms with Gasteiger partial charge in [-0.1, -0.05) is 0 Å². The number of nitrogen functional groups attached to an aromatic ring is 1. The Morgan fingerprint density at radius 3 is 2.72 bits per heavy atom. The van der Waals surface area contributed by atoms with Crippen molar-refractivity contribution >= 4 is 22.5 Å². The molecule has 0 saturated carbocycles. The van der Waals surface area contributed by atoms with E-state index in [0.29, 0.717) is 43.3 Å². The molecule has 4 saturated heterocycles. The molecule has 0 unspecified atom stereocenters. The van der Waals surface area contributed by atoms with Crippen molar-refractivity contribution in [3.8, 4) is 17.3 Å². The standard InChI is InChI=1S/C30H34F5N7O/c1-16-11-22(36)38-25(23(16)30(33,34)35)20-5-6-21-26(24(20)32)39-28(43-15-29-8-2-9-42(29)13-17(31)12-29)40-27(21)41-10-7-18-3-4-19(14-41)37-18/h5-6,11,17-19,37H,2-4,7-10,12-15H2,1H3,(H2,36,38)/t17-,18-,19+,29-/m1/s1. The molecule has 0 amide bonds. The van der Waals surface area contributed by atoms with Gasteiger partial charge in [-0.15, -0.1) is 0 Å². The van der Waals surface area contributed by atoms with Crippen LogP contribution in [0.4, 0.5) is 33.6 Å². The van der Waals surface area contributed by atoms with Crippen molar-refractivity contribution in [1.29, 1.82) is 0 Å². The normalized spacial score (nSPS) is 27.6. The zero-order valence-electron chi connectivity index (χ0n) is 23.9. The van der Waals surface area contributed by atoms with E-state index < -0.39 is 35.0 Å². The van der Waals surface area contributed by atoms with Gasteiger partial charge in [-0.2, -0.15) is 23.1 Å². The Morgan fingerprint density at radius 1 is 1.09 bits per heavy atom. The Hall–Kier alpha value is -3.32. The van der Waals surface area contributed by atoms with Crippen molar-refractivity contribution < 1.29 is 26.7 Å². The third-order valence-corrected chi connectivity index (χ3v) is 9.59. The van der Waals surface area contributed by atoms with E-state index in [1.807, 2.05) is 0 Å². The number of nitrogens with zero attached hydrogens (tertiary/aromatic N) is 5. The van der Waals surface area contributed by atoms with Crippen LogP contribution in [-0.2, 0) is 6.18 Å². The first-order chi connectivity index (χ1) is 20.5. The number of halogens is 5. The molecule has 8 nitrogen and oxygen atoms in total. The van der Waals surface area contributed by atoms with Crippen molar-refractivity contribution in [3.05, 3.63) is 35.1 Å². The van der Waals surface area contributed by atoms with E-state index in [0.717, 1.165) is 44.7 Å². The van der Waals surface area contributed by atoms with E-state index in [4.69, 9.17) is 15.5 Å². The van der Waals surface area contributed by atoms with Gasteiger partial charge in [0.05, 0.1) is 16.8 Å². The maximum atomic E-state index is 16.5. The number of aromatic nitrogens is 3. The van der Waals surface area contributed by atoms with Gasteiger partial charge in [0.1, 0.15) is 29.9 Å². The number of anilines is 2. The topological polar surface area (TPSA) is 92.4 Å². The predicted molar refractivity (Wildman–Crippen MR) is 152 cm³/mol. The average molecular weight is 604 g/mol. The lowest BCUT2D eigenvalue weighted by Crippen LogP contribution is -2.43. The molecule has 230 valence electrons. The van der Waals surface area contributed by atoms with E-state index in [1.54, 1.807) is 6.07 Å². The molecule has 2 aromatic heterocycles. The summed E-state index contributed by atoms with van der Waals surface area (Å²) >= 11 is 0. The molecule has 1 aromatic carbocycles. The minimum atomic E-state index is -4.78. The summed E-state index contributed by atoms with van der Waals surface area (Å²) in [5, 5.41) is 3.99. The maximum Gasteiger partial charge on any atom is 0.418 e. The van der Waals surface area contributed by atoms with Gasteiger partial charge in [-0.25, -0.2) is 13.8 Å². The largest absolute Gasteiger partial charge is 0.461 e. The number of benzene rings is 1. The monoisotopic (exact) mass is 603 g/mol. The minimum absolute atomic E-state index is 0.0859. The molecule has 4 aliphatic heterocycles. The van der Waals surface area contributed by atoms with Gasteiger partial charge >= 0.3 is 12.2 Å². The molecular weight excluding hydrogens is 569 g/mol. The van der Waals surface area contributed by atoms with Gasteiger partial charge in [0.2, 0.25) is 0 Å². The first-order valence-corrected chi connectivity index (χ1v) is 14.9. The molecule has 0 radical (unpaired) electrons.